The second kappa shape index (κ2) is 5.21. The van der Waals surface area contributed by atoms with E-state index < -0.39 is 0 Å². The molecule has 1 aromatic heterocycles. The van der Waals surface area contributed by atoms with Gasteiger partial charge >= 0.3 is 0 Å². The Morgan fingerprint density at radius 3 is 3.00 bits per heavy atom. The summed E-state index contributed by atoms with van der Waals surface area (Å²) in [4.78, 5) is 7.87. The van der Waals surface area contributed by atoms with E-state index in [9.17, 15) is 0 Å². The van der Waals surface area contributed by atoms with Gasteiger partial charge in [-0.15, -0.1) is 0 Å². The van der Waals surface area contributed by atoms with Crippen molar-refractivity contribution in [3.05, 3.63) is 30.1 Å². The molecule has 1 heterocycles. The number of aromatic amines is 1. The second-order valence-corrected chi connectivity index (χ2v) is 4.71. The van der Waals surface area contributed by atoms with Crippen LogP contribution in [0.2, 0.25) is 0 Å². The molecule has 0 spiro atoms. The average Bonchev–Trinajstić information content (AvgIpc) is 2.67. The molecular weight excluding hydrogens is 204 g/mol. The van der Waals surface area contributed by atoms with Crippen LogP contribution in [0.15, 0.2) is 24.3 Å². The number of benzene rings is 1. The third kappa shape index (κ3) is 2.75. The van der Waals surface area contributed by atoms with Crippen molar-refractivity contribution in [3.8, 4) is 0 Å². The molecule has 0 fully saturated rings. The summed E-state index contributed by atoms with van der Waals surface area (Å²) in [6.45, 7) is 2.22. The van der Waals surface area contributed by atoms with Crippen LogP contribution in [0.25, 0.3) is 11.0 Å². The normalized spacial score (nSPS) is 11.0. The van der Waals surface area contributed by atoms with Crippen LogP contribution in [0.4, 0.5) is 0 Å². The summed E-state index contributed by atoms with van der Waals surface area (Å²) in [6, 6.07) is 8.18. The van der Waals surface area contributed by atoms with Gasteiger partial charge in [0.05, 0.1) is 16.8 Å². The molecule has 0 saturated heterocycles. The summed E-state index contributed by atoms with van der Waals surface area (Å²) in [5.74, 6) is 3.32. The molecule has 0 bridgehead atoms. The van der Waals surface area contributed by atoms with Crippen molar-refractivity contribution in [2.75, 3.05) is 5.75 Å². The number of thioether (sulfide) groups is 1. The van der Waals surface area contributed by atoms with Gasteiger partial charge < -0.3 is 4.98 Å². The molecule has 0 aliphatic heterocycles. The first-order valence-corrected chi connectivity index (χ1v) is 6.57. The molecule has 0 aliphatic rings. The fraction of sp³-hybridized carbons (Fsp3) is 0.417. The first-order chi connectivity index (χ1) is 7.40. The molecule has 2 nitrogen and oxygen atoms in total. The van der Waals surface area contributed by atoms with Crippen LogP contribution in [-0.2, 0) is 5.75 Å². The van der Waals surface area contributed by atoms with E-state index in [2.05, 4.69) is 23.0 Å². The van der Waals surface area contributed by atoms with Crippen molar-refractivity contribution in [3.63, 3.8) is 0 Å². The predicted octanol–water partition coefficient (Wildman–Crippen LogP) is 3.60. The Bertz CT molecular complexity index is 389. The zero-order valence-electron chi connectivity index (χ0n) is 8.99. The minimum Gasteiger partial charge on any atom is -0.341 e. The fourth-order valence-electron chi connectivity index (χ4n) is 1.49. The lowest BCUT2D eigenvalue weighted by Gasteiger charge is -1.96. The zero-order valence-corrected chi connectivity index (χ0v) is 9.81. The number of H-pyrrole nitrogens is 1. The second-order valence-electron chi connectivity index (χ2n) is 3.61. The third-order valence-electron chi connectivity index (χ3n) is 2.32. The van der Waals surface area contributed by atoms with Crippen molar-refractivity contribution in [1.29, 1.82) is 0 Å². The Morgan fingerprint density at radius 2 is 2.20 bits per heavy atom. The maximum Gasteiger partial charge on any atom is 0.117 e. The van der Waals surface area contributed by atoms with Crippen molar-refractivity contribution >= 4 is 22.8 Å². The Hall–Kier alpha value is -0.960. The van der Waals surface area contributed by atoms with Gasteiger partial charge in [-0.3, -0.25) is 0 Å². The molecule has 0 saturated carbocycles. The molecule has 0 aliphatic carbocycles. The Kier molecular flexibility index (Phi) is 3.67. The lowest BCUT2D eigenvalue weighted by molar-refractivity contribution is 0.895. The van der Waals surface area contributed by atoms with E-state index in [1.54, 1.807) is 0 Å². The molecule has 1 aromatic carbocycles. The highest BCUT2D eigenvalue weighted by Crippen LogP contribution is 2.15. The van der Waals surface area contributed by atoms with Gasteiger partial charge in [-0.25, -0.2) is 4.98 Å². The molecule has 0 atom stereocenters. The zero-order chi connectivity index (χ0) is 10.5. The van der Waals surface area contributed by atoms with E-state index in [0.29, 0.717) is 0 Å². The van der Waals surface area contributed by atoms with Crippen molar-refractivity contribution in [2.45, 2.75) is 25.5 Å². The molecule has 1 N–H and O–H groups in total. The molecule has 80 valence electrons. The largest absolute Gasteiger partial charge is 0.341 e. The number of nitrogens with zero attached hydrogens (tertiary/aromatic N) is 1. The number of para-hydroxylation sites is 2. The smallest absolute Gasteiger partial charge is 0.117 e. The first-order valence-electron chi connectivity index (χ1n) is 5.41. The number of fused-ring (bicyclic) bond motifs is 1. The number of rotatable bonds is 5. The summed E-state index contributed by atoms with van der Waals surface area (Å²) in [7, 11) is 0. The van der Waals surface area contributed by atoms with Gasteiger partial charge in [0.25, 0.3) is 0 Å². The van der Waals surface area contributed by atoms with Crippen LogP contribution in [0.3, 0.4) is 0 Å². The molecule has 2 rings (SSSR count). The lowest BCUT2D eigenvalue weighted by Crippen LogP contribution is -1.85. The Labute approximate surface area is 94.5 Å². The van der Waals surface area contributed by atoms with Crippen LogP contribution in [0.5, 0.6) is 0 Å². The van der Waals surface area contributed by atoms with E-state index >= 15 is 0 Å². The fourth-order valence-corrected chi connectivity index (χ4v) is 2.46. The Balaban J connectivity index is 1.97. The molecule has 0 radical (unpaired) electrons. The molecular formula is C12H16N2S. The first kappa shape index (κ1) is 10.6. The quantitative estimate of drug-likeness (QED) is 0.780. The van der Waals surface area contributed by atoms with Gasteiger partial charge in [-0.05, 0) is 24.3 Å². The third-order valence-corrected chi connectivity index (χ3v) is 3.37. The molecule has 0 amide bonds. The van der Waals surface area contributed by atoms with Gasteiger partial charge in [0.2, 0.25) is 0 Å². The topological polar surface area (TPSA) is 28.7 Å². The summed E-state index contributed by atoms with van der Waals surface area (Å²) < 4.78 is 0. The molecule has 3 heteroatoms. The van der Waals surface area contributed by atoms with Gasteiger partial charge in [0.1, 0.15) is 5.82 Å². The molecule has 2 aromatic rings. The summed E-state index contributed by atoms with van der Waals surface area (Å²) in [5, 5.41) is 0. The van der Waals surface area contributed by atoms with Crippen LogP contribution in [0.1, 0.15) is 25.6 Å². The number of aromatic nitrogens is 2. The maximum atomic E-state index is 4.53. The van der Waals surface area contributed by atoms with Gasteiger partial charge in [0.15, 0.2) is 0 Å². The van der Waals surface area contributed by atoms with Crippen LogP contribution < -0.4 is 0 Å². The number of nitrogens with one attached hydrogen (secondary N) is 1. The van der Waals surface area contributed by atoms with E-state index in [-0.39, 0.29) is 0 Å². The highest BCUT2D eigenvalue weighted by atomic mass is 32.2. The van der Waals surface area contributed by atoms with Crippen LogP contribution in [0, 0.1) is 0 Å². The van der Waals surface area contributed by atoms with Crippen molar-refractivity contribution in [2.24, 2.45) is 0 Å². The highest BCUT2D eigenvalue weighted by molar-refractivity contribution is 7.98. The average molecular weight is 220 g/mol. The molecule has 15 heavy (non-hydrogen) atoms. The summed E-state index contributed by atoms with van der Waals surface area (Å²) >= 11 is 1.95. The maximum absolute atomic E-state index is 4.53. The summed E-state index contributed by atoms with van der Waals surface area (Å²) in [6.07, 6.45) is 2.57. The van der Waals surface area contributed by atoms with E-state index in [1.807, 2.05) is 30.0 Å². The number of hydrogen-bond donors (Lipinski definition) is 1. The number of imidazole rings is 1. The number of hydrogen-bond acceptors (Lipinski definition) is 2. The monoisotopic (exact) mass is 220 g/mol. The lowest BCUT2D eigenvalue weighted by atomic mass is 10.3. The highest BCUT2D eigenvalue weighted by Gasteiger charge is 2.00. The van der Waals surface area contributed by atoms with Crippen LogP contribution in [-0.4, -0.2) is 15.7 Å². The van der Waals surface area contributed by atoms with Gasteiger partial charge in [-0.2, -0.15) is 11.8 Å². The summed E-state index contributed by atoms with van der Waals surface area (Å²) in [5.41, 5.74) is 2.21. The van der Waals surface area contributed by atoms with Crippen LogP contribution >= 0.6 is 11.8 Å². The van der Waals surface area contributed by atoms with Gasteiger partial charge in [-0.1, -0.05) is 25.5 Å². The van der Waals surface area contributed by atoms with E-state index in [0.717, 1.165) is 22.6 Å². The molecule has 0 unspecified atom stereocenters. The minimum absolute atomic E-state index is 0.995. The SMILES string of the molecule is CCCCSCc1nc2ccccc2[nH]1. The van der Waals surface area contributed by atoms with Crippen molar-refractivity contribution in [1.82, 2.24) is 9.97 Å². The number of unbranched alkanes of at least 4 members (excludes halogenated alkanes) is 1. The van der Waals surface area contributed by atoms with E-state index in [4.69, 9.17) is 0 Å². The van der Waals surface area contributed by atoms with Gasteiger partial charge in [0, 0.05) is 0 Å². The van der Waals surface area contributed by atoms with E-state index in [1.165, 1.54) is 18.6 Å². The minimum atomic E-state index is 0.995. The Morgan fingerprint density at radius 1 is 1.33 bits per heavy atom. The standard InChI is InChI=1S/C12H16N2S/c1-2-3-8-15-9-12-13-10-6-4-5-7-11(10)14-12/h4-7H,2-3,8-9H2,1H3,(H,13,14). The predicted molar refractivity (Wildman–Crippen MR) is 67.2 cm³/mol. The van der Waals surface area contributed by atoms with Crippen molar-refractivity contribution < 1.29 is 0 Å².